The van der Waals surface area contributed by atoms with Gasteiger partial charge in [0.15, 0.2) is 0 Å². The maximum atomic E-state index is 12.6. The van der Waals surface area contributed by atoms with Crippen molar-refractivity contribution >= 4 is 5.91 Å². The monoisotopic (exact) mass is 345 g/mol. The lowest BCUT2D eigenvalue weighted by Crippen LogP contribution is -2.41. The van der Waals surface area contributed by atoms with E-state index in [9.17, 15) is 4.79 Å². The second-order valence-electron chi connectivity index (χ2n) is 7.51. The number of hydroxylamine groups is 2. The van der Waals surface area contributed by atoms with Crippen LogP contribution in [0.15, 0.2) is 24.5 Å². The molecular formula is C19H27N3O3. The Balaban J connectivity index is 1.35. The first-order chi connectivity index (χ1) is 12.3. The average molecular weight is 345 g/mol. The van der Waals surface area contributed by atoms with Gasteiger partial charge in [-0.15, -0.1) is 0 Å². The van der Waals surface area contributed by atoms with Gasteiger partial charge >= 0.3 is 0 Å². The fraction of sp³-hybridized carbons (Fsp3) is 0.684. The van der Waals surface area contributed by atoms with E-state index in [0.29, 0.717) is 37.4 Å². The van der Waals surface area contributed by atoms with E-state index in [0.717, 1.165) is 45.6 Å². The molecule has 0 bridgehead atoms. The highest BCUT2D eigenvalue weighted by atomic mass is 16.7. The van der Waals surface area contributed by atoms with Gasteiger partial charge in [-0.25, -0.2) is 5.06 Å². The number of rotatable bonds is 4. The fourth-order valence-corrected chi connectivity index (χ4v) is 4.40. The first-order valence-electron chi connectivity index (χ1n) is 9.42. The highest BCUT2D eigenvalue weighted by Gasteiger charge is 2.42. The molecule has 3 aliphatic rings. The van der Waals surface area contributed by atoms with E-state index in [1.54, 1.807) is 5.06 Å². The summed E-state index contributed by atoms with van der Waals surface area (Å²) in [6.07, 6.45) is 6.33. The lowest BCUT2D eigenvalue weighted by atomic mass is 9.81. The van der Waals surface area contributed by atoms with Crippen molar-refractivity contribution in [2.45, 2.75) is 25.8 Å². The molecule has 3 atom stereocenters. The molecular weight excluding hydrogens is 318 g/mol. The van der Waals surface area contributed by atoms with Crippen molar-refractivity contribution in [1.29, 1.82) is 0 Å². The minimum atomic E-state index is 0.126. The Bertz CT molecular complexity index is 577. The topological polar surface area (TPSA) is 54.9 Å². The van der Waals surface area contributed by atoms with E-state index in [2.05, 4.69) is 22.0 Å². The van der Waals surface area contributed by atoms with E-state index in [-0.39, 0.29) is 5.91 Å². The summed E-state index contributed by atoms with van der Waals surface area (Å²) in [6, 6.07) is 4.15. The molecule has 4 rings (SSSR count). The molecule has 0 saturated carbocycles. The molecule has 1 amide bonds. The van der Waals surface area contributed by atoms with Gasteiger partial charge in [-0.2, -0.15) is 0 Å². The Hall–Kier alpha value is -1.50. The zero-order valence-corrected chi connectivity index (χ0v) is 14.7. The van der Waals surface area contributed by atoms with E-state index in [4.69, 9.17) is 9.57 Å². The highest BCUT2D eigenvalue weighted by Crippen LogP contribution is 2.36. The van der Waals surface area contributed by atoms with Crippen LogP contribution in [-0.2, 0) is 20.9 Å². The summed E-state index contributed by atoms with van der Waals surface area (Å²) in [6.45, 7) is 5.97. The molecule has 1 aromatic heterocycles. The van der Waals surface area contributed by atoms with Gasteiger partial charge in [-0.1, -0.05) is 0 Å². The predicted octanol–water partition coefficient (Wildman–Crippen LogP) is 1.72. The Kier molecular flexibility index (Phi) is 5.29. The standard InChI is InChI=1S/C19H27N3O3/c23-19(22-7-1-2-8-25-22)9-16-13-24-14-17-11-21(12-18(16)17)10-15-3-5-20-6-4-15/h3-6,16-18H,1-2,7-14H2/t16-,17-,18+/m1/s1. The molecule has 0 N–H and O–H groups in total. The molecule has 0 aliphatic carbocycles. The first kappa shape index (κ1) is 16.9. The van der Waals surface area contributed by atoms with Crippen LogP contribution < -0.4 is 0 Å². The number of likely N-dealkylation sites (tertiary alicyclic amines) is 1. The zero-order chi connectivity index (χ0) is 17.1. The van der Waals surface area contributed by atoms with Crippen LogP contribution in [0.25, 0.3) is 0 Å². The van der Waals surface area contributed by atoms with Gasteiger partial charge in [0.1, 0.15) is 0 Å². The second-order valence-corrected chi connectivity index (χ2v) is 7.51. The van der Waals surface area contributed by atoms with Crippen LogP contribution in [0.1, 0.15) is 24.8 Å². The first-order valence-corrected chi connectivity index (χ1v) is 9.42. The van der Waals surface area contributed by atoms with E-state index in [1.807, 2.05) is 12.4 Å². The van der Waals surface area contributed by atoms with E-state index in [1.165, 1.54) is 5.56 Å². The Morgan fingerprint density at radius 1 is 1.20 bits per heavy atom. The van der Waals surface area contributed by atoms with Crippen molar-refractivity contribution in [2.24, 2.45) is 17.8 Å². The number of aromatic nitrogens is 1. The Morgan fingerprint density at radius 3 is 2.88 bits per heavy atom. The summed E-state index contributed by atoms with van der Waals surface area (Å²) in [5, 5.41) is 1.58. The molecule has 6 heteroatoms. The van der Waals surface area contributed by atoms with Gasteiger partial charge in [-0.05, 0) is 48.3 Å². The summed E-state index contributed by atoms with van der Waals surface area (Å²) < 4.78 is 5.83. The Labute approximate surface area is 149 Å². The molecule has 25 heavy (non-hydrogen) atoms. The molecule has 0 unspecified atom stereocenters. The van der Waals surface area contributed by atoms with Gasteiger partial charge in [0.25, 0.3) is 0 Å². The van der Waals surface area contributed by atoms with Gasteiger partial charge in [0, 0.05) is 45.0 Å². The third-order valence-electron chi connectivity index (χ3n) is 5.71. The zero-order valence-electron chi connectivity index (χ0n) is 14.7. The van der Waals surface area contributed by atoms with Crippen LogP contribution in [0, 0.1) is 17.8 Å². The maximum Gasteiger partial charge on any atom is 0.246 e. The van der Waals surface area contributed by atoms with E-state index < -0.39 is 0 Å². The van der Waals surface area contributed by atoms with E-state index >= 15 is 0 Å². The molecule has 4 heterocycles. The van der Waals surface area contributed by atoms with Gasteiger partial charge in [0.05, 0.1) is 19.8 Å². The smallest absolute Gasteiger partial charge is 0.246 e. The van der Waals surface area contributed by atoms with Crippen molar-refractivity contribution in [3.05, 3.63) is 30.1 Å². The summed E-state index contributed by atoms with van der Waals surface area (Å²) in [7, 11) is 0. The molecule has 3 fully saturated rings. The van der Waals surface area contributed by atoms with Crippen LogP contribution in [0.4, 0.5) is 0 Å². The van der Waals surface area contributed by atoms with Crippen LogP contribution in [0.2, 0.25) is 0 Å². The predicted molar refractivity (Wildman–Crippen MR) is 92.3 cm³/mol. The molecule has 6 nitrogen and oxygen atoms in total. The number of carbonyl (C=O) groups is 1. The molecule has 0 radical (unpaired) electrons. The third kappa shape index (κ3) is 4.02. The number of ether oxygens (including phenoxy) is 1. The summed E-state index contributed by atoms with van der Waals surface area (Å²) in [5.74, 6) is 1.51. The molecule has 0 aromatic carbocycles. The second kappa shape index (κ2) is 7.81. The fourth-order valence-electron chi connectivity index (χ4n) is 4.40. The number of amides is 1. The van der Waals surface area contributed by atoms with Crippen molar-refractivity contribution in [3.63, 3.8) is 0 Å². The maximum absolute atomic E-state index is 12.6. The molecule has 1 aromatic rings. The van der Waals surface area contributed by atoms with Crippen LogP contribution in [-0.4, -0.2) is 60.3 Å². The quantitative estimate of drug-likeness (QED) is 0.832. The molecule has 0 spiro atoms. The van der Waals surface area contributed by atoms with Gasteiger partial charge < -0.3 is 4.74 Å². The van der Waals surface area contributed by atoms with Crippen LogP contribution in [0.5, 0.6) is 0 Å². The largest absolute Gasteiger partial charge is 0.381 e. The number of pyridine rings is 1. The normalized spacial score (nSPS) is 30.2. The minimum absolute atomic E-state index is 0.126. The summed E-state index contributed by atoms with van der Waals surface area (Å²) in [5.41, 5.74) is 1.30. The molecule has 3 aliphatic heterocycles. The van der Waals surface area contributed by atoms with Crippen LogP contribution >= 0.6 is 0 Å². The minimum Gasteiger partial charge on any atom is -0.381 e. The summed E-state index contributed by atoms with van der Waals surface area (Å²) >= 11 is 0. The number of nitrogens with zero attached hydrogens (tertiary/aromatic N) is 3. The number of carbonyl (C=O) groups excluding carboxylic acids is 1. The average Bonchev–Trinajstić information content (AvgIpc) is 3.07. The number of hydrogen-bond acceptors (Lipinski definition) is 5. The van der Waals surface area contributed by atoms with Gasteiger partial charge in [-0.3, -0.25) is 19.5 Å². The van der Waals surface area contributed by atoms with Gasteiger partial charge in [0.2, 0.25) is 5.91 Å². The van der Waals surface area contributed by atoms with Crippen molar-refractivity contribution in [3.8, 4) is 0 Å². The SMILES string of the molecule is O=C(C[C@@H]1COC[C@H]2CN(Cc3ccncc3)C[C@@H]12)N1CCCCO1. The summed E-state index contributed by atoms with van der Waals surface area (Å²) in [4.78, 5) is 24.7. The third-order valence-corrected chi connectivity index (χ3v) is 5.71. The number of fused-ring (bicyclic) bond motifs is 1. The van der Waals surface area contributed by atoms with Crippen molar-refractivity contribution in [1.82, 2.24) is 14.9 Å². The lowest BCUT2D eigenvalue weighted by Gasteiger charge is -2.34. The van der Waals surface area contributed by atoms with Crippen molar-refractivity contribution in [2.75, 3.05) is 39.5 Å². The molecule has 136 valence electrons. The highest BCUT2D eigenvalue weighted by molar-refractivity contribution is 5.75. The number of hydrogen-bond donors (Lipinski definition) is 0. The Morgan fingerprint density at radius 2 is 2.08 bits per heavy atom. The van der Waals surface area contributed by atoms with Crippen molar-refractivity contribution < 1.29 is 14.4 Å². The lowest BCUT2D eigenvalue weighted by molar-refractivity contribution is -0.199. The van der Waals surface area contributed by atoms with Crippen LogP contribution in [0.3, 0.4) is 0 Å². The molecule has 3 saturated heterocycles.